The molecule has 0 radical (unpaired) electrons. The van der Waals surface area contributed by atoms with Crippen LogP contribution in [-0.2, 0) is 4.79 Å². The van der Waals surface area contributed by atoms with E-state index in [0.29, 0.717) is 15.6 Å². The third-order valence-electron chi connectivity index (χ3n) is 5.50. The lowest BCUT2D eigenvalue weighted by Gasteiger charge is -2.13. The van der Waals surface area contributed by atoms with E-state index in [4.69, 9.17) is 14.6 Å². The SMILES string of the molecule is COc1cc(C=C(C#N)C(=O)Nc2cccc(C(=O)O)c2)cc(Br)c1OC(=O)c1cccc2ccccc12. The Hall–Kier alpha value is -4.94. The van der Waals surface area contributed by atoms with Crippen LogP contribution in [0.5, 0.6) is 11.5 Å². The second-order valence-corrected chi connectivity index (χ2v) is 8.81. The number of anilines is 1. The van der Waals surface area contributed by atoms with Crippen molar-refractivity contribution in [3.05, 3.63) is 106 Å². The molecule has 0 spiro atoms. The second kappa shape index (κ2) is 11.4. The molecule has 0 aliphatic carbocycles. The number of carbonyl (C=O) groups excluding carboxylic acids is 2. The standard InChI is InChI=1S/C29H19BrN2O6/c1-37-25-14-17(12-20(16-31)27(33)32-21-9-4-8-19(15-21)28(34)35)13-24(30)26(25)38-29(36)23-11-5-7-18-6-2-3-10-22(18)23/h2-15H,1H3,(H,32,33)(H,34,35). The zero-order valence-electron chi connectivity index (χ0n) is 19.9. The van der Waals surface area contributed by atoms with E-state index in [-0.39, 0.29) is 28.3 Å². The van der Waals surface area contributed by atoms with Crippen molar-refractivity contribution in [2.24, 2.45) is 0 Å². The van der Waals surface area contributed by atoms with Crippen molar-refractivity contribution in [3.8, 4) is 17.6 Å². The molecule has 188 valence electrons. The van der Waals surface area contributed by atoms with E-state index in [1.807, 2.05) is 36.4 Å². The fourth-order valence-corrected chi connectivity index (χ4v) is 4.26. The zero-order valence-corrected chi connectivity index (χ0v) is 21.5. The van der Waals surface area contributed by atoms with Crippen LogP contribution in [0.15, 0.2) is 88.9 Å². The highest BCUT2D eigenvalue weighted by molar-refractivity contribution is 9.10. The summed E-state index contributed by atoms with van der Waals surface area (Å²) in [7, 11) is 1.40. The number of ether oxygens (including phenoxy) is 2. The average molecular weight is 571 g/mol. The molecule has 0 heterocycles. The van der Waals surface area contributed by atoms with Gasteiger partial charge >= 0.3 is 11.9 Å². The van der Waals surface area contributed by atoms with E-state index in [0.717, 1.165) is 10.8 Å². The van der Waals surface area contributed by atoms with E-state index < -0.39 is 17.8 Å². The highest BCUT2D eigenvalue weighted by atomic mass is 79.9. The number of rotatable bonds is 7. The number of aromatic carboxylic acids is 1. The maximum atomic E-state index is 13.0. The molecule has 4 aromatic carbocycles. The summed E-state index contributed by atoms with van der Waals surface area (Å²) in [6, 6.07) is 23.4. The zero-order chi connectivity index (χ0) is 27.2. The van der Waals surface area contributed by atoms with Gasteiger partial charge in [-0.1, -0.05) is 42.5 Å². The molecule has 2 N–H and O–H groups in total. The van der Waals surface area contributed by atoms with Crippen LogP contribution in [0, 0.1) is 11.3 Å². The number of amides is 1. The van der Waals surface area contributed by atoms with Gasteiger partial charge in [0.1, 0.15) is 11.6 Å². The number of hydrogen-bond acceptors (Lipinski definition) is 6. The lowest BCUT2D eigenvalue weighted by molar-refractivity contribution is -0.112. The summed E-state index contributed by atoms with van der Waals surface area (Å²) in [5.41, 5.74) is 0.791. The Balaban J connectivity index is 1.60. The Labute approximate surface area is 225 Å². The minimum atomic E-state index is -1.14. The van der Waals surface area contributed by atoms with Gasteiger partial charge in [0, 0.05) is 5.69 Å². The number of nitriles is 1. The van der Waals surface area contributed by atoms with Crippen LogP contribution in [0.2, 0.25) is 0 Å². The molecule has 0 atom stereocenters. The van der Waals surface area contributed by atoms with Gasteiger partial charge in [0.15, 0.2) is 11.5 Å². The van der Waals surface area contributed by atoms with Gasteiger partial charge in [-0.3, -0.25) is 4.79 Å². The average Bonchev–Trinajstić information content (AvgIpc) is 2.92. The molecule has 0 bridgehead atoms. The van der Waals surface area contributed by atoms with Crippen molar-refractivity contribution in [2.75, 3.05) is 12.4 Å². The number of carboxylic acid groups (broad SMARTS) is 1. The Kier molecular flexibility index (Phi) is 7.85. The quantitative estimate of drug-likeness (QED) is 0.119. The topological polar surface area (TPSA) is 126 Å². The molecule has 4 aromatic rings. The summed E-state index contributed by atoms with van der Waals surface area (Å²) >= 11 is 3.39. The first-order chi connectivity index (χ1) is 18.3. The number of nitrogens with one attached hydrogen (secondary N) is 1. The number of halogens is 1. The second-order valence-electron chi connectivity index (χ2n) is 7.96. The molecule has 0 saturated carbocycles. The van der Waals surface area contributed by atoms with Gasteiger partial charge in [0.2, 0.25) is 0 Å². The van der Waals surface area contributed by atoms with Crippen LogP contribution < -0.4 is 14.8 Å². The molecular formula is C29H19BrN2O6. The first-order valence-electron chi connectivity index (χ1n) is 11.1. The molecule has 4 rings (SSSR count). The Morgan fingerprint density at radius 1 is 1.00 bits per heavy atom. The minimum absolute atomic E-state index is 0.00686. The predicted octanol–water partition coefficient (Wildman–Crippen LogP) is 6.07. The van der Waals surface area contributed by atoms with Gasteiger partial charge in [0.05, 0.1) is 22.7 Å². The van der Waals surface area contributed by atoms with Gasteiger partial charge in [-0.15, -0.1) is 0 Å². The first-order valence-corrected chi connectivity index (χ1v) is 11.9. The summed E-state index contributed by atoms with van der Waals surface area (Å²) in [5.74, 6) is -2.11. The fourth-order valence-electron chi connectivity index (χ4n) is 3.72. The van der Waals surface area contributed by atoms with Crippen molar-refractivity contribution in [1.29, 1.82) is 5.26 Å². The number of hydrogen-bond donors (Lipinski definition) is 2. The normalized spacial score (nSPS) is 10.9. The number of esters is 1. The van der Waals surface area contributed by atoms with Crippen LogP contribution in [0.25, 0.3) is 16.8 Å². The molecule has 8 nitrogen and oxygen atoms in total. The van der Waals surface area contributed by atoms with Crippen molar-refractivity contribution in [3.63, 3.8) is 0 Å². The number of nitrogens with zero attached hydrogens (tertiary/aromatic N) is 1. The lowest BCUT2D eigenvalue weighted by Crippen LogP contribution is -2.14. The van der Waals surface area contributed by atoms with Crippen LogP contribution in [0.4, 0.5) is 5.69 Å². The molecule has 0 aliphatic heterocycles. The number of benzene rings is 4. The summed E-state index contributed by atoms with van der Waals surface area (Å²) in [5, 5.41) is 22.9. The maximum Gasteiger partial charge on any atom is 0.344 e. The predicted molar refractivity (Wildman–Crippen MR) is 145 cm³/mol. The third kappa shape index (κ3) is 5.72. The van der Waals surface area contributed by atoms with Gasteiger partial charge in [-0.05, 0) is 74.7 Å². The van der Waals surface area contributed by atoms with Crippen molar-refractivity contribution in [2.45, 2.75) is 0 Å². The highest BCUT2D eigenvalue weighted by Crippen LogP contribution is 2.38. The molecule has 0 saturated heterocycles. The smallest absolute Gasteiger partial charge is 0.344 e. The Morgan fingerprint density at radius 3 is 2.47 bits per heavy atom. The molecule has 0 fully saturated rings. The molecule has 0 aliphatic rings. The Morgan fingerprint density at radius 2 is 1.74 bits per heavy atom. The summed E-state index contributed by atoms with van der Waals surface area (Å²) in [6.45, 7) is 0. The molecule has 38 heavy (non-hydrogen) atoms. The molecule has 9 heteroatoms. The molecule has 1 amide bonds. The summed E-state index contributed by atoms with van der Waals surface area (Å²) in [6.07, 6.45) is 1.33. The van der Waals surface area contributed by atoms with E-state index in [1.165, 1.54) is 43.5 Å². The summed E-state index contributed by atoms with van der Waals surface area (Å²) < 4.78 is 11.5. The van der Waals surface area contributed by atoms with Crippen LogP contribution in [0.3, 0.4) is 0 Å². The monoisotopic (exact) mass is 570 g/mol. The van der Waals surface area contributed by atoms with Gasteiger partial charge in [0.25, 0.3) is 5.91 Å². The van der Waals surface area contributed by atoms with Gasteiger partial charge in [-0.2, -0.15) is 5.26 Å². The number of carbonyl (C=O) groups is 3. The first kappa shape index (κ1) is 26.1. The Bertz CT molecular complexity index is 1650. The molecule has 0 aromatic heterocycles. The third-order valence-corrected chi connectivity index (χ3v) is 6.09. The maximum absolute atomic E-state index is 13.0. The lowest BCUT2D eigenvalue weighted by atomic mass is 10.0. The largest absolute Gasteiger partial charge is 0.493 e. The number of fused-ring (bicyclic) bond motifs is 1. The summed E-state index contributed by atoms with van der Waals surface area (Å²) in [4.78, 5) is 36.9. The number of carboxylic acids is 1. The van der Waals surface area contributed by atoms with Crippen LogP contribution in [0.1, 0.15) is 26.3 Å². The highest BCUT2D eigenvalue weighted by Gasteiger charge is 2.19. The van der Waals surface area contributed by atoms with Crippen LogP contribution in [-0.4, -0.2) is 30.1 Å². The molecular weight excluding hydrogens is 552 g/mol. The molecule has 0 unspecified atom stereocenters. The van der Waals surface area contributed by atoms with Gasteiger partial charge < -0.3 is 19.9 Å². The van der Waals surface area contributed by atoms with Gasteiger partial charge in [-0.25, -0.2) is 9.59 Å². The van der Waals surface area contributed by atoms with E-state index >= 15 is 0 Å². The fraction of sp³-hybridized carbons (Fsp3) is 0.0345. The minimum Gasteiger partial charge on any atom is -0.493 e. The van der Waals surface area contributed by atoms with E-state index in [9.17, 15) is 19.6 Å². The van der Waals surface area contributed by atoms with E-state index in [2.05, 4.69) is 21.2 Å². The van der Waals surface area contributed by atoms with Crippen molar-refractivity contribution < 1.29 is 29.0 Å². The van der Waals surface area contributed by atoms with Crippen LogP contribution >= 0.6 is 15.9 Å². The number of methoxy groups -OCH3 is 1. The van der Waals surface area contributed by atoms with Crippen molar-refractivity contribution >= 4 is 56.3 Å². The van der Waals surface area contributed by atoms with E-state index in [1.54, 1.807) is 18.2 Å². The van der Waals surface area contributed by atoms with Crippen molar-refractivity contribution in [1.82, 2.24) is 0 Å².